The summed E-state index contributed by atoms with van der Waals surface area (Å²) in [6, 6.07) is 6.99. The first-order valence-corrected chi connectivity index (χ1v) is 7.18. The second-order valence-electron chi connectivity index (χ2n) is 4.72. The maximum atomic E-state index is 12.3. The van der Waals surface area contributed by atoms with Crippen LogP contribution in [0.4, 0.5) is 0 Å². The van der Waals surface area contributed by atoms with Gasteiger partial charge in [-0.3, -0.25) is 4.79 Å². The number of rotatable bonds is 3. The van der Waals surface area contributed by atoms with Gasteiger partial charge in [0, 0.05) is 24.5 Å². The van der Waals surface area contributed by atoms with E-state index in [-0.39, 0.29) is 5.91 Å². The molecule has 2 aliphatic heterocycles. The van der Waals surface area contributed by atoms with Gasteiger partial charge in [-0.25, -0.2) is 10.1 Å². The number of benzene rings is 1. The van der Waals surface area contributed by atoms with Gasteiger partial charge in [-0.05, 0) is 30.3 Å². The lowest BCUT2D eigenvalue weighted by Gasteiger charge is -2.22. The fourth-order valence-corrected chi connectivity index (χ4v) is 2.23. The molecule has 0 saturated heterocycles. The third-order valence-corrected chi connectivity index (χ3v) is 3.35. The van der Waals surface area contributed by atoms with Gasteiger partial charge in [0.15, 0.2) is 5.75 Å². The molecule has 2 aliphatic rings. The lowest BCUT2D eigenvalue weighted by molar-refractivity contribution is 0.00811. The average Bonchev–Trinajstić information content (AvgIpc) is 2.56. The molecule has 1 aromatic rings. The number of hydroxylamine groups is 2. The van der Waals surface area contributed by atoms with Crippen molar-refractivity contribution in [2.45, 2.75) is 0 Å². The van der Waals surface area contributed by atoms with Crippen LogP contribution < -0.4 is 4.84 Å². The van der Waals surface area contributed by atoms with Crippen molar-refractivity contribution in [3.8, 4) is 5.75 Å². The maximum absolute atomic E-state index is 12.3. The number of carbonyl (C=O) groups excluding carboxylic acids is 1. The number of halogens is 1. The molecule has 2 heterocycles. The number of allylic oxidation sites excluding steroid dienone is 2. The smallest absolute Gasteiger partial charge is 0.258 e. The summed E-state index contributed by atoms with van der Waals surface area (Å²) in [6.45, 7) is 0.980. The zero-order valence-corrected chi connectivity index (χ0v) is 12.5. The Morgan fingerprint density at radius 3 is 2.68 bits per heavy atom. The topological polar surface area (TPSA) is 45.1 Å². The fraction of sp³-hybridized carbons (Fsp3) is 0.125. The highest BCUT2D eigenvalue weighted by Gasteiger charge is 2.14. The highest BCUT2D eigenvalue weighted by Crippen LogP contribution is 2.17. The van der Waals surface area contributed by atoms with E-state index in [0.717, 1.165) is 0 Å². The van der Waals surface area contributed by atoms with Gasteiger partial charge < -0.3 is 9.74 Å². The molecule has 0 aliphatic carbocycles. The van der Waals surface area contributed by atoms with E-state index in [4.69, 9.17) is 16.4 Å². The first-order chi connectivity index (χ1) is 10.7. The quantitative estimate of drug-likeness (QED) is 0.861. The molecular weight excluding hydrogens is 302 g/mol. The molecular formula is C16H14ClN3O2. The number of aliphatic imine (C=N–C) groups is 1. The summed E-state index contributed by atoms with van der Waals surface area (Å²) in [5, 5.41) is 2.03. The Morgan fingerprint density at radius 2 is 2.00 bits per heavy atom. The van der Waals surface area contributed by atoms with Crippen molar-refractivity contribution in [1.82, 2.24) is 9.96 Å². The van der Waals surface area contributed by atoms with E-state index in [1.54, 1.807) is 52.8 Å². The van der Waals surface area contributed by atoms with E-state index in [2.05, 4.69) is 4.99 Å². The van der Waals surface area contributed by atoms with Crippen LogP contribution in [0.5, 0.6) is 5.75 Å². The Labute approximate surface area is 133 Å². The number of nitrogens with zero attached hydrogens (tertiary/aromatic N) is 3. The average molecular weight is 316 g/mol. The molecule has 0 spiro atoms. The van der Waals surface area contributed by atoms with E-state index in [0.29, 0.717) is 29.6 Å². The molecule has 6 heteroatoms. The van der Waals surface area contributed by atoms with E-state index >= 15 is 0 Å². The highest BCUT2D eigenvalue weighted by atomic mass is 35.5. The van der Waals surface area contributed by atoms with Crippen LogP contribution in [0, 0.1) is 0 Å². The standard InChI is InChI=1S/C16H14ClN3O2/c17-15-12-20(11-8-18-15)22-14-6-4-13(5-7-14)16(21)19-9-2-1-3-10-19/h1-9,11H,10,12H2. The molecule has 0 atom stereocenters. The Morgan fingerprint density at radius 1 is 1.18 bits per heavy atom. The van der Waals surface area contributed by atoms with Crippen LogP contribution in [-0.4, -0.2) is 34.1 Å². The van der Waals surface area contributed by atoms with Gasteiger partial charge in [0.1, 0.15) is 11.7 Å². The van der Waals surface area contributed by atoms with Gasteiger partial charge >= 0.3 is 0 Å². The molecule has 0 fully saturated rings. The van der Waals surface area contributed by atoms with E-state index < -0.39 is 0 Å². The Hall–Kier alpha value is -2.53. The summed E-state index contributed by atoms with van der Waals surface area (Å²) in [5.74, 6) is 0.585. The van der Waals surface area contributed by atoms with Crippen LogP contribution in [-0.2, 0) is 0 Å². The zero-order valence-electron chi connectivity index (χ0n) is 11.7. The molecule has 112 valence electrons. The fourth-order valence-electron chi connectivity index (χ4n) is 2.05. The number of hydrogen-bond donors (Lipinski definition) is 0. The first-order valence-electron chi connectivity index (χ1n) is 6.80. The third-order valence-electron chi connectivity index (χ3n) is 3.13. The molecule has 22 heavy (non-hydrogen) atoms. The monoisotopic (exact) mass is 315 g/mol. The molecule has 1 aromatic carbocycles. The largest absolute Gasteiger partial charge is 0.380 e. The third kappa shape index (κ3) is 3.38. The summed E-state index contributed by atoms with van der Waals surface area (Å²) in [4.78, 5) is 23.5. The van der Waals surface area contributed by atoms with Crippen LogP contribution in [0.25, 0.3) is 0 Å². The maximum Gasteiger partial charge on any atom is 0.258 e. The molecule has 3 rings (SSSR count). The highest BCUT2D eigenvalue weighted by molar-refractivity contribution is 6.66. The van der Waals surface area contributed by atoms with Crippen molar-refractivity contribution >= 4 is 22.7 Å². The lowest BCUT2D eigenvalue weighted by Crippen LogP contribution is -2.28. The van der Waals surface area contributed by atoms with E-state index in [1.165, 1.54) is 0 Å². The van der Waals surface area contributed by atoms with Gasteiger partial charge in [-0.15, -0.1) is 0 Å². The minimum atomic E-state index is -0.0415. The zero-order chi connectivity index (χ0) is 15.4. The Kier molecular flexibility index (Phi) is 4.25. The van der Waals surface area contributed by atoms with E-state index in [9.17, 15) is 4.79 Å². The van der Waals surface area contributed by atoms with Crippen molar-refractivity contribution in [3.05, 3.63) is 66.7 Å². The van der Waals surface area contributed by atoms with Gasteiger partial charge in [0.25, 0.3) is 5.91 Å². The molecule has 0 saturated carbocycles. The summed E-state index contributed by atoms with van der Waals surface area (Å²) in [6.07, 6.45) is 10.7. The summed E-state index contributed by atoms with van der Waals surface area (Å²) >= 11 is 5.85. The lowest BCUT2D eigenvalue weighted by atomic mass is 10.2. The minimum absolute atomic E-state index is 0.0415. The van der Waals surface area contributed by atoms with Crippen molar-refractivity contribution in [1.29, 1.82) is 0 Å². The van der Waals surface area contributed by atoms with Gasteiger partial charge in [0.2, 0.25) is 0 Å². The van der Waals surface area contributed by atoms with Crippen molar-refractivity contribution in [2.75, 3.05) is 13.1 Å². The van der Waals surface area contributed by atoms with Crippen molar-refractivity contribution < 1.29 is 9.63 Å². The predicted octanol–water partition coefficient (Wildman–Crippen LogP) is 2.93. The number of carbonyl (C=O) groups is 1. The van der Waals surface area contributed by atoms with Crippen LogP contribution in [0.2, 0.25) is 0 Å². The summed E-state index contributed by atoms with van der Waals surface area (Å²) in [5.41, 5.74) is 0.612. The van der Waals surface area contributed by atoms with Gasteiger partial charge in [-0.1, -0.05) is 23.8 Å². The second-order valence-corrected chi connectivity index (χ2v) is 5.16. The molecule has 1 amide bonds. The summed E-state index contributed by atoms with van der Waals surface area (Å²) in [7, 11) is 0. The molecule has 0 bridgehead atoms. The van der Waals surface area contributed by atoms with Crippen LogP contribution in [0.15, 0.2) is 66.1 Å². The van der Waals surface area contributed by atoms with Crippen LogP contribution >= 0.6 is 11.6 Å². The molecule has 0 unspecified atom stereocenters. The molecule has 0 radical (unpaired) electrons. The molecule has 0 aromatic heterocycles. The Bertz CT molecular complexity index is 677. The predicted molar refractivity (Wildman–Crippen MR) is 85.5 cm³/mol. The SMILES string of the molecule is O=C(c1ccc(ON2C=CN=C(Cl)C2)cc1)N1C=CC=CC1. The Balaban J connectivity index is 1.64. The molecule has 5 nitrogen and oxygen atoms in total. The normalized spacial score (nSPS) is 16.7. The van der Waals surface area contributed by atoms with E-state index in [1.807, 2.05) is 18.2 Å². The van der Waals surface area contributed by atoms with Crippen LogP contribution in [0.1, 0.15) is 10.4 Å². The van der Waals surface area contributed by atoms with Crippen LogP contribution in [0.3, 0.4) is 0 Å². The van der Waals surface area contributed by atoms with Crippen molar-refractivity contribution in [3.63, 3.8) is 0 Å². The number of amides is 1. The first kappa shape index (κ1) is 14.4. The van der Waals surface area contributed by atoms with Gasteiger partial charge in [-0.2, -0.15) is 0 Å². The molecule has 0 N–H and O–H groups in total. The minimum Gasteiger partial charge on any atom is -0.380 e. The van der Waals surface area contributed by atoms with Crippen molar-refractivity contribution in [2.24, 2.45) is 4.99 Å². The second kappa shape index (κ2) is 6.49. The summed E-state index contributed by atoms with van der Waals surface area (Å²) < 4.78 is 0. The van der Waals surface area contributed by atoms with Gasteiger partial charge in [0.05, 0.1) is 6.20 Å². The number of hydrogen-bond acceptors (Lipinski definition) is 4.